The summed E-state index contributed by atoms with van der Waals surface area (Å²) in [5.74, 6) is 1.27. The van der Waals surface area contributed by atoms with E-state index in [9.17, 15) is 0 Å². The van der Waals surface area contributed by atoms with Crippen molar-refractivity contribution in [3.63, 3.8) is 0 Å². The molecule has 2 unspecified atom stereocenters. The van der Waals surface area contributed by atoms with Gasteiger partial charge in [0.25, 0.3) is 0 Å². The van der Waals surface area contributed by atoms with E-state index in [1.807, 2.05) is 0 Å². The van der Waals surface area contributed by atoms with Gasteiger partial charge in [0, 0.05) is 19.7 Å². The lowest BCUT2D eigenvalue weighted by atomic mass is 9.94. The molecule has 17 heavy (non-hydrogen) atoms. The van der Waals surface area contributed by atoms with Crippen LogP contribution in [0.3, 0.4) is 0 Å². The average Bonchev–Trinajstić information content (AvgIpc) is 2.30. The van der Waals surface area contributed by atoms with Gasteiger partial charge in [-0.25, -0.2) is 0 Å². The van der Waals surface area contributed by atoms with Crippen LogP contribution in [0.25, 0.3) is 0 Å². The van der Waals surface area contributed by atoms with Gasteiger partial charge in [-0.15, -0.1) is 0 Å². The first-order valence-corrected chi connectivity index (χ1v) is 7.03. The third-order valence-corrected chi connectivity index (χ3v) is 2.87. The number of hydrogen-bond acceptors (Lipinski definition) is 3. The molecule has 0 bridgehead atoms. The van der Waals surface area contributed by atoms with E-state index in [4.69, 9.17) is 9.84 Å². The quantitative estimate of drug-likeness (QED) is 0.781. The summed E-state index contributed by atoms with van der Waals surface area (Å²) in [7, 11) is 0. The molecule has 2 atom stereocenters. The number of nitrogens with one attached hydrogen (secondary N) is 1. The Balaban J connectivity index is 0.000000318. The van der Waals surface area contributed by atoms with Gasteiger partial charge in [0.1, 0.15) is 0 Å². The monoisotopic (exact) mass is 245 g/mol. The highest BCUT2D eigenvalue weighted by atomic mass is 16.5. The molecule has 0 aromatic heterocycles. The van der Waals surface area contributed by atoms with E-state index >= 15 is 0 Å². The normalized spacial score (nSPS) is 21.9. The Bertz CT molecular complexity index is 156. The molecule has 0 amide bonds. The predicted molar refractivity (Wildman–Crippen MR) is 73.2 cm³/mol. The topological polar surface area (TPSA) is 41.5 Å². The van der Waals surface area contributed by atoms with Gasteiger partial charge in [-0.2, -0.15) is 0 Å². The lowest BCUT2D eigenvalue weighted by Crippen LogP contribution is -2.36. The summed E-state index contributed by atoms with van der Waals surface area (Å²) in [6.45, 7) is 11.9. The van der Waals surface area contributed by atoms with E-state index in [1.165, 1.54) is 19.3 Å². The highest BCUT2D eigenvalue weighted by molar-refractivity contribution is 4.60. The van der Waals surface area contributed by atoms with E-state index in [2.05, 4.69) is 33.0 Å². The van der Waals surface area contributed by atoms with Gasteiger partial charge < -0.3 is 15.2 Å². The first-order valence-electron chi connectivity index (χ1n) is 7.03. The van der Waals surface area contributed by atoms with Crippen molar-refractivity contribution in [3.8, 4) is 0 Å². The molecule has 2 N–H and O–H groups in total. The summed E-state index contributed by atoms with van der Waals surface area (Å²) in [6, 6.07) is 0. The zero-order chi connectivity index (χ0) is 13.1. The minimum atomic E-state index is 0.367. The summed E-state index contributed by atoms with van der Waals surface area (Å²) in [6.07, 6.45) is 3.96. The fourth-order valence-electron chi connectivity index (χ4n) is 2.06. The van der Waals surface area contributed by atoms with Crippen LogP contribution < -0.4 is 5.32 Å². The molecule has 1 aliphatic heterocycles. The Labute approximate surface area is 107 Å². The third-order valence-electron chi connectivity index (χ3n) is 2.87. The number of aliphatic hydroxyl groups excluding tert-OH is 1. The maximum atomic E-state index is 8.91. The van der Waals surface area contributed by atoms with Crippen molar-refractivity contribution < 1.29 is 9.84 Å². The summed E-state index contributed by atoms with van der Waals surface area (Å²) in [4.78, 5) is 0. The second kappa shape index (κ2) is 11.0. The molecule has 1 fully saturated rings. The van der Waals surface area contributed by atoms with E-state index in [0.29, 0.717) is 18.6 Å². The minimum absolute atomic E-state index is 0.367. The van der Waals surface area contributed by atoms with Crippen molar-refractivity contribution in [3.05, 3.63) is 0 Å². The van der Waals surface area contributed by atoms with E-state index in [-0.39, 0.29) is 0 Å². The number of hydrogen-bond donors (Lipinski definition) is 2. The van der Waals surface area contributed by atoms with Gasteiger partial charge in [-0.3, -0.25) is 0 Å². The Kier molecular flexibility index (Phi) is 10.9. The first kappa shape index (κ1) is 16.9. The van der Waals surface area contributed by atoms with Crippen LogP contribution in [0.2, 0.25) is 0 Å². The fourth-order valence-corrected chi connectivity index (χ4v) is 2.06. The second-order valence-electron chi connectivity index (χ2n) is 5.35. The molecule has 1 aliphatic rings. The Morgan fingerprint density at radius 1 is 1.41 bits per heavy atom. The van der Waals surface area contributed by atoms with Crippen LogP contribution in [0.5, 0.6) is 0 Å². The van der Waals surface area contributed by atoms with Crippen LogP contribution >= 0.6 is 0 Å². The standard InChI is InChI=1S/C9H20O.C5H11NO/c1-4-5-9(7-10)6-8(2)3;1-5-4-6-2-3-7-5/h8-10H,4-7H2,1-3H3;5-6H,2-4H2,1H3. The highest BCUT2D eigenvalue weighted by Gasteiger charge is 2.07. The van der Waals surface area contributed by atoms with Gasteiger partial charge in [0.2, 0.25) is 0 Å². The summed E-state index contributed by atoms with van der Waals surface area (Å²) in [5.41, 5.74) is 0. The van der Waals surface area contributed by atoms with Crippen LogP contribution in [0.15, 0.2) is 0 Å². The largest absolute Gasteiger partial charge is 0.396 e. The van der Waals surface area contributed by atoms with Crippen molar-refractivity contribution in [2.24, 2.45) is 11.8 Å². The smallest absolute Gasteiger partial charge is 0.0672 e. The molecule has 0 aromatic carbocycles. The zero-order valence-electron chi connectivity index (χ0n) is 12.0. The third kappa shape index (κ3) is 10.7. The number of rotatable bonds is 5. The zero-order valence-corrected chi connectivity index (χ0v) is 12.0. The highest BCUT2D eigenvalue weighted by Crippen LogP contribution is 2.15. The van der Waals surface area contributed by atoms with Gasteiger partial charge >= 0.3 is 0 Å². The molecule has 3 heteroatoms. The summed E-state index contributed by atoms with van der Waals surface area (Å²) in [5, 5.41) is 12.1. The molecular formula is C14H31NO2. The molecule has 1 heterocycles. The lowest BCUT2D eigenvalue weighted by Gasteiger charge is -2.18. The Hall–Kier alpha value is -0.120. The van der Waals surface area contributed by atoms with Crippen molar-refractivity contribution in [1.29, 1.82) is 0 Å². The van der Waals surface area contributed by atoms with Gasteiger partial charge in [-0.1, -0.05) is 27.2 Å². The molecule has 0 aromatic rings. The average molecular weight is 245 g/mol. The molecular weight excluding hydrogens is 214 g/mol. The molecule has 3 nitrogen and oxygen atoms in total. The summed E-state index contributed by atoms with van der Waals surface area (Å²) >= 11 is 0. The van der Waals surface area contributed by atoms with Crippen LogP contribution in [-0.2, 0) is 4.74 Å². The molecule has 0 aliphatic carbocycles. The van der Waals surface area contributed by atoms with Crippen molar-refractivity contribution in [2.75, 3.05) is 26.3 Å². The lowest BCUT2D eigenvalue weighted by molar-refractivity contribution is 0.0410. The molecule has 0 saturated carbocycles. The first-order chi connectivity index (χ1) is 8.10. The maximum Gasteiger partial charge on any atom is 0.0672 e. The minimum Gasteiger partial charge on any atom is -0.396 e. The molecule has 1 saturated heterocycles. The van der Waals surface area contributed by atoms with E-state index < -0.39 is 0 Å². The van der Waals surface area contributed by atoms with Gasteiger partial charge in [0.05, 0.1) is 12.7 Å². The summed E-state index contributed by atoms with van der Waals surface area (Å²) < 4.78 is 5.22. The second-order valence-corrected chi connectivity index (χ2v) is 5.35. The van der Waals surface area contributed by atoms with Crippen LogP contribution in [0, 0.1) is 11.8 Å². The van der Waals surface area contributed by atoms with Crippen LogP contribution in [0.4, 0.5) is 0 Å². The molecule has 1 rings (SSSR count). The number of aliphatic hydroxyl groups is 1. The van der Waals surface area contributed by atoms with Crippen molar-refractivity contribution in [2.45, 2.75) is 53.1 Å². The predicted octanol–water partition coefficient (Wildman–Crippen LogP) is 2.44. The van der Waals surface area contributed by atoms with Crippen molar-refractivity contribution in [1.82, 2.24) is 5.32 Å². The van der Waals surface area contributed by atoms with Gasteiger partial charge in [0.15, 0.2) is 0 Å². The van der Waals surface area contributed by atoms with E-state index in [0.717, 1.165) is 25.6 Å². The number of morpholine rings is 1. The van der Waals surface area contributed by atoms with Crippen LogP contribution in [-0.4, -0.2) is 37.5 Å². The molecule has 0 radical (unpaired) electrons. The van der Waals surface area contributed by atoms with E-state index in [1.54, 1.807) is 0 Å². The molecule has 104 valence electrons. The SMILES string of the molecule is CC1CNCCO1.CCCC(CO)CC(C)C. The fraction of sp³-hybridized carbons (Fsp3) is 1.00. The Morgan fingerprint density at radius 2 is 2.12 bits per heavy atom. The van der Waals surface area contributed by atoms with Crippen molar-refractivity contribution >= 4 is 0 Å². The molecule has 0 spiro atoms. The number of ether oxygens (including phenoxy) is 1. The maximum absolute atomic E-state index is 8.91. The van der Waals surface area contributed by atoms with Gasteiger partial charge in [-0.05, 0) is 31.6 Å². The van der Waals surface area contributed by atoms with Crippen LogP contribution in [0.1, 0.15) is 47.0 Å². The Morgan fingerprint density at radius 3 is 2.41 bits per heavy atom.